The standard InChI is InChI=1S/C25H36N2O5S/c1-31-21-5-6-23(22(12-21)32-2)33(29,30)27-7-3-4-17(16-27)11-24(28)26-25-13-18-8-19(14-25)10-20(9-18)15-25/h5-6,12,17-20H,3-4,7-11,13-16H2,1-2H3,(H,26,28). The molecule has 33 heavy (non-hydrogen) atoms. The molecule has 5 aliphatic rings. The van der Waals surface area contributed by atoms with Crippen LogP contribution in [0.1, 0.15) is 57.8 Å². The van der Waals surface area contributed by atoms with Crippen molar-refractivity contribution in [1.82, 2.24) is 9.62 Å². The van der Waals surface area contributed by atoms with Crippen molar-refractivity contribution in [3.05, 3.63) is 18.2 Å². The maximum atomic E-state index is 13.4. The van der Waals surface area contributed by atoms with E-state index in [1.165, 1.54) is 43.9 Å². The second kappa shape index (κ2) is 8.77. The summed E-state index contributed by atoms with van der Waals surface area (Å²) in [5.41, 5.74) is 0.00270. The van der Waals surface area contributed by atoms with Gasteiger partial charge in [-0.25, -0.2) is 8.42 Å². The van der Waals surface area contributed by atoms with Gasteiger partial charge in [-0.15, -0.1) is 0 Å². The fourth-order valence-electron chi connectivity index (χ4n) is 7.41. The van der Waals surface area contributed by atoms with Gasteiger partial charge < -0.3 is 14.8 Å². The summed E-state index contributed by atoms with van der Waals surface area (Å²) in [5, 5.41) is 3.45. The lowest BCUT2D eigenvalue weighted by Crippen LogP contribution is -2.60. The zero-order valence-electron chi connectivity index (χ0n) is 19.7. The molecule has 8 heteroatoms. The highest BCUT2D eigenvalue weighted by Gasteiger charge is 2.51. The first kappa shape index (κ1) is 23.0. The molecule has 0 aromatic heterocycles. The number of benzene rings is 1. The SMILES string of the molecule is COc1ccc(S(=O)(=O)N2CCCC(CC(=O)NC34CC5CC(CC(C5)C3)C4)C2)c(OC)c1. The van der Waals surface area contributed by atoms with Crippen molar-refractivity contribution in [1.29, 1.82) is 0 Å². The van der Waals surface area contributed by atoms with E-state index >= 15 is 0 Å². The summed E-state index contributed by atoms with van der Waals surface area (Å²) in [4.78, 5) is 13.2. The molecule has 0 spiro atoms. The average Bonchev–Trinajstić information content (AvgIpc) is 2.77. The highest BCUT2D eigenvalue weighted by atomic mass is 32.2. The minimum absolute atomic E-state index is 0.00270. The topological polar surface area (TPSA) is 84.9 Å². The Bertz CT molecular complexity index is 973. The summed E-state index contributed by atoms with van der Waals surface area (Å²) in [6, 6.07) is 4.76. The van der Waals surface area contributed by atoms with Crippen LogP contribution < -0.4 is 14.8 Å². The number of ether oxygens (including phenoxy) is 2. The number of hydrogen-bond acceptors (Lipinski definition) is 5. The van der Waals surface area contributed by atoms with Gasteiger partial charge in [-0.05, 0) is 87.2 Å². The van der Waals surface area contributed by atoms with Gasteiger partial charge in [0.1, 0.15) is 16.4 Å². The lowest BCUT2D eigenvalue weighted by molar-refractivity contribution is -0.128. The highest BCUT2D eigenvalue weighted by molar-refractivity contribution is 7.89. The van der Waals surface area contributed by atoms with E-state index in [0.29, 0.717) is 25.3 Å². The Morgan fingerprint density at radius 1 is 1.09 bits per heavy atom. The van der Waals surface area contributed by atoms with Crippen LogP contribution in [0.5, 0.6) is 11.5 Å². The predicted molar refractivity (Wildman–Crippen MR) is 125 cm³/mol. The molecule has 4 bridgehead atoms. The van der Waals surface area contributed by atoms with Crippen molar-refractivity contribution in [2.75, 3.05) is 27.3 Å². The predicted octanol–water partition coefficient (Wildman–Crippen LogP) is 3.58. The van der Waals surface area contributed by atoms with E-state index in [-0.39, 0.29) is 28.0 Å². The van der Waals surface area contributed by atoms with Crippen LogP contribution in [0.4, 0.5) is 0 Å². The molecule has 1 N–H and O–H groups in total. The highest BCUT2D eigenvalue weighted by Crippen LogP contribution is 2.55. The summed E-state index contributed by atoms with van der Waals surface area (Å²) in [6.45, 7) is 0.830. The van der Waals surface area contributed by atoms with Crippen molar-refractivity contribution in [2.45, 2.75) is 68.2 Å². The number of sulfonamides is 1. The van der Waals surface area contributed by atoms with Crippen molar-refractivity contribution in [3.63, 3.8) is 0 Å². The van der Waals surface area contributed by atoms with Crippen molar-refractivity contribution >= 4 is 15.9 Å². The quantitative estimate of drug-likeness (QED) is 0.650. The fraction of sp³-hybridized carbons (Fsp3) is 0.720. The molecule has 1 aromatic carbocycles. The Labute approximate surface area is 197 Å². The van der Waals surface area contributed by atoms with E-state index in [2.05, 4.69) is 5.32 Å². The van der Waals surface area contributed by atoms with Gasteiger partial charge in [0.2, 0.25) is 15.9 Å². The van der Waals surface area contributed by atoms with Crippen LogP contribution >= 0.6 is 0 Å². The third kappa shape index (κ3) is 4.48. The summed E-state index contributed by atoms with van der Waals surface area (Å²) in [7, 11) is -0.727. The van der Waals surface area contributed by atoms with E-state index in [9.17, 15) is 13.2 Å². The number of amides is 1. The number of nitrogens with zero attached hydrogens (tertiary/aromatic N) is 1. The number of nitrogens with one attached hydrogen (secondary N) is 1. The summed E-state index contributed by atoms with van der Waals surface area (Å²) in [5.74, 6) is 3.30. The number of carbonyl (C=O) groups excluding carboxylic acids is 1. The third-order valence-corrected chi connectivity index (χ3v) is 10.3. The molecule has 182 valence electrons. The zero-order valence-corrected chi connectivity index (χ0v) is 20.5. The van der Waals surface area contributed by atoms with E-state index in [1.807, 2.05) is 0 Å². The van der Waals surface area contributed by atoms with Gasteiger partial charge in [-0.3, -0.25) is 4.79 Å². The van der Waals surface area contributed by atoms with Crippen molar-refractivity contribution in [3.8, 4) is 11.5 Å². The minimum Gasteiger partial charge on any atom is -0.497 e. The van der Waals surface area contributed by atoms with Gasteiger partial charge >= 0.3 is 0 Å². The number of rotatable bonds is 7. The molecule has 4 saturated carbocycles. The van der Waals surface area contributed by atoms with Crippen LogP contribution in [0.15, 0.2) is 23.1 Å². The Morgan fingerprint density at radius 2 is 1.76 bits per heavy atom. The normalized spacial score (nSPS) is 33.6. The first-order valence-corrected chi connectivity index (χ1v) is 13.8. The second-order valence-corrected chi connectivity index (χ2v) is 12.7. The Balaban J connectivity index is 1.24. The first-order chi connectivity index (χ1) is 15.8. The van der Waals surface area contributed by atoms with Gasteiger partial charge in [-0.1, -0.05) is 0 Å². The lowest BCUT2D eigenvalue weighted by atomic mass is 9.53. The Hall–Kier alpha value is -1.80. The largest absolute Gasteiger partial charge is 0.497 e. The Kier molecular flexibility index (Phi) is 6.10. The molecule has 4 aliphatic carbocycles. The molecule has 1 heterocycles. The van der Waals surface area contributed by atoms with Crippen molar-refractivity contribution in [2.24, 2.45) is 23.7 Å². The van der Waals surface area contributed by atoms with Gasteiger partial charge in [0.15, 0.2) is 0 Å². The molecule has 6 rings (SSSR count). The van der Waals surface area contributed by atoms with Crippen LogP contribution in [0.25, 0.3) is 0 Å². The van der Waals surface area contributed by atoms with Crippen LogP contribution in [0.2, 0.25) is 0 Å². The number of piperidine rings is 1. The Morgan fingerprint density at radius 3 is 2.36 bits per heavy atom. The molecule has 5 fully saturated rings. The maximum absolute atomic E-state index is 13.4. The van der Waals surface area contributed by atoms with Gasteiger partial charge in [-0.2, -0.15) is 4.31 Å². The van der Waals surface area contributed by atoms with Gasteiger partial charge in [0, 0.05) is 31.1 Å². The summed E-state index contributed by atoms with van der Waals surface area (Å²) < 4.78 is 38.9. The molecule has 1 atom stereocenters. The molecule has 1 aromatic rings. The van der Waals surface area contributed by atoms with E-state index in [4.69, 9.17) is 9.47 Å². The first-order valence-electron chi connectivity index (χ1n) is 12.3. The maximum Gasteiger partial charge on any atom is 0.246 e. The summed E-state index contributed by atoms with van der Waals surface area (Å²) >= 11 is 0. The molecule has 7 nitrogen and oxygen atoms in total. The number of hydrogen-bond donors (Lipinski definition) is 1. The van der Waals surface area contributed by atoms with Gasteiger partial charge in [0.25, 0.3) is 0 Å². The third-order valence-electron chi connectivity index (χ3n) is 8.39. The number of carbonyl (C=O) groups is 1. The average molecular weight is 477 g/mol. The van der Waals surface area contributed by atoms with Crippen LogP contribution in [-0.2, 0) is 14.8 Å². The molecular formula is C25H36N2O5S. The minimum atomic E-state index is -3.72. The molecule has 0 radical (unpaired) electrons. The van der Waals surface area contributed by atoms with E-state index in [1.54, 1.807) is 12.1 Å². The van der Waals surface area contributed by atoms with Crippen LogP contribution in [0, 0.1) is 23.7 Å². The van der Waals surface area contributed by atoms with E-state index in [0.717, 1.165) is 49.9 Å². The molecule has 1 saturated heterocycles. The monoisotopic (exact) mass is 476 g/mol. The summed E-state index contributed by atoms with van der Waals surface area (Å²) in [6.07, 6.45) is 9.46. The van der Waals surface area contributed by atoms with Crippen LogP contribution in [-0.4, -0.2) is 51.5 Å². The second-order valence-electron chi connectivity index (χ2n) is 10.8. The van der Waals surface area contributed by atoms with Crippen molar-refractivity contribution < 1.29 is 22.7 Å². The van der Waals surface area contributed by atoms with Gasteiger partial charge in [0.05, 0.1) is 14.2 Å². The number of methoxy groups -OCH3 is 2. The lowest BCUT2D eigenvalue weighted by Gasteiger charge is -2.57. The molecule has 1 unspecified atom stereocenters. The molecule has 1 amide bonds. The smallest absolute Gasteiger partial charge is 0.246 e. The van der Waals surface area contributed by atoms with Crippen LogP contribution in [0.3, 0.4) is 0 Å². The van der Waals surface area contributed by atoms with E-state index < -0.39 is 10.0 Å². The molecule has 1 aliphatic heterocycles. The fourth-order valence-corrected chi connectivity index (χ4v) is 9.10. The molecular weight excluding hydrogens is 440 g/mol. The zero-order chi connectivity index (χ0) is 23.2.